The van der Waals surface area contributed by atoms with Gasteiger partial charge in [0.1, 0.15) is 0 Å². The van der Waals surface area contributed by atoms with Crippen LogP contribution in [-0.4, -0.2) is 4.57 Å². The van der Waals surface area contributed by atoms with E-state index in [4.69, 9.17) is 0 Å². The lowest BCUT2D eigenvalue weighted by Crippen LogP contribution is -1.92. The summed E-state index contributed by atoms with van der Waals surface area (Å²) in [6.45, 7) is 7.02. The topological polar surface area (TPSA) is 4.93 Å². The number of nitrogens with zero attached hydrogens (tertiary/aromatic N) is 1. The second-order valence-electron chi connectivity index (χ2n) is 4.24. The van der Waals surface area contributed by atoms with E-state index < -0.39 is 0 Å². The first-order chi connectivity index (χ1) is 8.35. The minimum atomic E-state index is 0.991. The summed E-state index contributed by atoms with van der Waals surface area (Å²) in [5.41, 5.74) is 3.78. The molecule has 0 aliphatic carbocycles. The number of aryl methyl sites for hydroxylation is 1. The lowest BCUT2D eigenvalue weighted by molar-refractivity contribution is 0.827. The quantitative estimate of drug-likeness (QED) is 0.602. The Kier molecular flexibility index (Phi) is 2.25. The summed E-state index contributed by atoms with van der Waals surface area (Å²) in [5, 5.41) is 2.66. The number of benzene rings is 2. The van der Waals surface area contributed by atoms with Crippen molar-refractivity contribution in [3.63, 3.8) is 0 Å². The first kappa shape index (κ1) is 10.2. The van der Waals surface area contributed by atoms with E-state index in [0.717, 1.165) is 6.54 Å². The molecule has 0 amide bonds. The van der Waals surface area contributed by atoms with Crippen molar-refractivity contribution in [3.8, 4) is 0 Å². The third-order valence-corrected chi connectivity index (χ3v) is 3.35. The molecule has 0 unspecified atom stereocenters. The number of hydrogen-bond donors (Lipinski definition) is 0. The van der Waals surface area contributed by atoms with Gasteiger partial charge in [-0.05, 0) is 24.6 Å². The number of aromatic nitrogens is 1. The van der Waals surface area contributed by atoms with Crippen LogP contribution in [0, 0.1) is 0 Å². The Labute approximate surface area is 101 Å². The molecule has 0 fully saturated rings. The van der Waals surface area contributed by atoms with Gasteiger partial charge in [-0.25, -0.2) is 0 Å². The molecule has 0 bridgehead atoms. The van der Waals surface area contributed by atoms with Gasteiger partial charge in [0.25, 0.3) is 0 Å². The summed E-state index contributed by atoms with van der Waals surface area (Å²) in [6.07, 6.45) is 1.90. The maximum atomic E-state index is 3.84. The molecule has 3 rings (SSSR count). The fraction of sp³-hybridized carbons (Fsp3) is 0.125. The van der Waals surface area contributed by atoms with Gasteiger partial charge >= 0.3 is 0 Å². The number of rotatable bonds is 2. The van der Waals surface area contributed by atoms with Crippen LogP contribution in [0.15, 0.2) is 49.0 Å². The van der Waals surface area contributed by atoms with Crippen molar-refractivity contribution < 1.29 is 0 Å². The van der Waals surface area contributed by atoms with Gasteiger partial charge in [-0.3, -0.25) is 0 Å². The molecule has 0 saturated carbocycles. The Morgan fingerprint density at radius 3 is 2.59 bits per heavy atom. The van der Waals surface area contributed by atoms with Gasteiger partial charge in [0.05, 0.1) is 0 Å². The Morgan fingerprint density at radius 2 is 1.82 bits per heavy atom. The maximum absolute atomic E-state index is 3.84. The Balaban J connectivity index is 2.53. The first-order valence-electron chi connectivity index (χ1n) is 5.98. The first-order valence-corrected chi connectivity index (χ1v) is 5.98. The van der Waals surface area contributed by atoms with Gasteiger partial charge in [-0.15, -0.1) is 0 Å². The van der Waals surface area contributed by atoms with Crippen molar-refractivity contribution in [2.45, 2.75) is 13.5 Å². The van der Waals surface area contributed by atoms with E-state index >= 15 is 0 Å². The summed E-state index contributed by atoms with van der Waals surface area (Å²) in [6, 6.07) is 15.1. The molecule has 0 spiro atoms. The van der Waals surface area contributed by atoms with Gasteiger partial charge in [-0.1, -0.05) is 43.0 Å². The van der Waals surface area contributed by atoms with Crippen LogP contribution >= 0.6 is 0 Å². The van der Waals surface area contributed by atoms with Crippen LogP contribution in [0.4, 0.5) is 0 Å². The van der Waals surface area contributed by atoms with Gasteiger partial charge in [0.2, 0.25) is 0 Å². The molecule has 1 heterocycles. The second-order valence-corrected chi connectivity index (χ2v) is 4.24. The molecule has 0 saturated heterocycles. The zero-order chi connectivity index (χ0) is 11.8. The maximum Gasteiger partial charge on any atom is 0.0497 e. The summed E-state index contributed by atoms with van der Waals surface area (Å²) < 4.78 is 2.36. The lowest BCUT2D eigenvalue weighted by Gasteiger charge is -2.03. The smallest absolute Gasteiger partial charge is 0.0497 e. The van der Waals surface area contributed by atoms with E-state index in [1.165, 1.54) is 27.4 Å². The average Bonchev–Trinajstić information content (AvgIpc) is 2.71. The number of para-hydroxylation sites is 1. The van der Waals surface area contributed by atoms with E-state index in [0.29, 0.717) is 0 Å². The molecule has 1 nitrogen and oxygen atoms in total. The van der Waals surface area contributed by atoms with Crippen LogP contribution in [0.3, 0.4) is 0 Å². The number of fused-ring (bicyclic) bond motifs is 3. The molecule has 84 valence electrons. The SMILES string of the molecule is C=Cc1ccc2c3ccccc3n(CC)c2c1. The van der Waals surface area contributed by atoms with E-state index in [1.807, 2.05) is 6.08 Å². The molecule has 3 aromatic rings. The third kappa shape index (κ3) is 1.39. The van der Waals surface area contributed by atoms with E-state index in [1.54, 1.807) is 0 Å². The Hall–Kier alpha value is -2.02. The average molecular weight is 221 g/mol. The van der Waals surface area contributed by atoms with Crippen molar-refractivity contribution in [3.05, 3.63) is 54.6 Å². The highest BCUT2D eigenvalue weighted by atomic mass is 15.0. The summed E-state index contributed by atoms with van der Waals surface area (Å²) in [5.74, 6) is 0. The van der Waals surface area contributed by atoms with Crippen LogP contribution in [0.1, 0.15) is 12.5 Å². The normalized spacial score (nSPS) is 11.1. The van der Waals surface area contributed by atoms with Crippen LogP contribution in [0.25, 0.3) is 27.9 Å². The predicted octanol–water partition coefficient (Wildman–Crippen LogP) is 4.46. The van der Waals surface area contributed by atoms with Gasteiger partial charge in [0.15, 0.2) is 0 Å². The lowest BCUT2D eigenvalue weighted by atomic mass is 10.1. The third-order valence-electron chi connectivity index (χ3n) is 3.35. The largest absolute Gasteiger partial charge is 0.341 e. The van der Waals surface area contributed by atoms with Crippen LogP contribution < -0.4 is 0 Å². The molecule has 0 radical (unpaired) electrons. The Morgan fingerprint density at radius 1 is 1.06 bits per heavy atom. The zero-order valence-corrected chi connectivity index (χ0v) is 9.98. The molecule has 0 N–H and O–H groups in total. The highest BCUT2D eigenvalue weighted by Gasteiger charge is 2.08. The predicted molar refractivity (Wildman–Crippen MR) is 75.2 cm³/mol. The van der Waals surface area contributed by atoms with Gasteiger partial charge in [-0.2, -0.15) is 0 Å². The van der Waals surface area contributed by atoms with Gasteiger partial charge in [0, 0.05) is 28.4 Å². The minimum Gasteiger partial charge on any atom is -0.341 e. The van der Waals surface area contributed by atoms with Gasteiger partial charge < -0.3 is 4.57 Å². The van der Waals surface area contributed by atoms with Crippen molar-refractivity contribution >= 4 is 27.9 Å². The zero-order valence-electron chi connectivity index (χ0n) is 9.98. The molecule has 0 aliphatic heterocycles. The molecular weight excluding hydrogens is 206 g/mol. The molecule has 1 aromatic heterocycles. The highest BCUT2D eigenvalue weighted by molar-refractivity contribution is 6.08. The monoisotopic (exact) mass is 221 g/mol. The fourth-order valence-corrected chi connectivity index (χ4v) is 2.53. The second kappa shape index (κ2) is 3.77. The highest BCUT2D eigenvalue weighted by Crippen LogP contribution is 2.29. The van der Waals surface area contributed by atoms with Crippen molar-refractivity contribution in [1.82, 2.24) is 4.57 Å². The van der Waals surface area contributed by atoms with E-state index in [9.17, 15) is 0 Å². The molecule has 17 heavy (non-hydrogen) atoms. The van der Waals surface area contributed by atoms with Crippen LogP contribution in [0.5, 0.6) is 0 Å². The summed E-state index contributed by atoms with van der Waals surface area (Å²) >= 11 is 0. The van der Waals surface area contributed by atoms with Crippen molar-refractivity contribution in [1.29, 1.82) is 0 Å². The number of hydrogen-bond acceptors (Lipinski definition) is 0. The van der Waals surface area contributed by atoms with Crippen LogP contribution in [0.2, 0.25) is 0 Å². The van der Waals surface area contributed by atoms with E-state index in [2.05, 4.69) is 60.5 Å². The molecule has 0 atom stereocenters. The summed E-state index contributed by atoms with van der Waals surface area (Å²) in [7, 11) is 0. The minimum absolute atomic E-state index is 0.991. The van der Waals surface area contributed by atoms with Crippen molar-refractivity contribution in [2.75, 3.05) is 0 Å². The molecular formula is C16H15N. The molecule has 1 heteroatoms. The summed E-state index contributed by atoms with van der Waals surface area (Å²) in [4.78, 5) is 0. The standard InChI is InChI=1S/C16H15N/c1-3-12-9-10-14-13-7-5-6-8-15(13)17(4-2)16(14)11-12/h3,5-11H,1,4H2,2H3. The van der Waals surface area contributed by atoms with E-state index in [-0.39, 0.29) is 0 Å². The van der Waals surface area contributed by atoms with Crippen molar-refractivity contribution in [2.24, 2.45) is 0 Å². The molecule has 0 aliphatic rings. The fourth-order valence-electron chi connectivity index (χ4n) is 2.53. The Bertz CT molecular complexity index is 704. The molecule has 2 aromatic carbocycles. The van der Waals surface area contributed by atoms with Crippen LogP contribution in [-0.2, 0) is 6.54 Å².